The Labute approximate surface area is 154 Å². The quantitative estimate of drug-likeness (QED) is 0.603. The van der Waals surface area contributed by atoms with E-state index in [9.17, 15) is 9.59 Å². The topological polar surface area (TPSA) is 52.6 Å². The van der Waals surface area contributed by atoms with Gasteiger partial charge in [-0.25, -0.2) is 0 Å². The Morgan fingerprint density at radius 2 is 1.46 bits per heavy atom. The minimum atomic E-state index is -0.325. The predicted molar refractivity (Wildman–Crippen MR) is 99.4 cm³/mol. The summed E-state index contributed by atoms with van der Waals surface area (Å²) in [6, 6.07) is 13.6. The summed E-state index contributed by atoms with van der Waals surface area (Å²) in [5, 5.41) is 0. The number of carbonyl (C=O) groups excluding carboxylic acids is 2. The van der Waals surface area contributed by atoms with E-state index in [0.29, 0.717) is 23.3 Å². The van der Waals surface area contributed by atoms with E-state index in [0.717, 1.165) is 6.42 Å². The third-order valence-electron chi connectivity index (χ3n) is 5.18. The number of carbonyl (C=O) groups is 2. The van der Waals surface area contributed by atoms with E-state index in [1.54, 1.807) is 0 Å². The van der Waals surface area contributed by atoms with Crippen LogP contribution in [-0.4, -0.2) is 11.9 Å². The van der Waals surface area contributed by atoms with Crippen molar-refractivity contribution in [1.82, 2.24) is 0 Å². The second kappa shape index (κ2) is 7.32. The zero-order valence-electron chi connectivity index (χ0n) is 15.6. The molecule has 4 heteroatoms. The Morgan fingerprint density at radius 1 is 0.885 bits per heavy atom. The average Bonchev–Trinajstić information content (AvgIpc) is 2.56. The number of hydrogen-bond donors (Lipinski definition) is 0. The van der Waals surface area contributed by atoms with Crippen molar-refractivity contribution in [2.75, 3.05) is 0 Å². The molecular weight excluding hydrogens is 328 g/mol. The number of hydrogen-bond acceptors (Lipinski definition) is 4. The average molecular weight is 352 g/mol. The van der Waals surface area contributed by atoms with Gasteiger partial charge in [0.25, 0.3) is 0 Å². The Bertz CT molecular complexity index is 823. The first-order valence-electron chi connectivity index (χ1n) is 8.94. The minimum Gasteiger partial charge on any atom is -0.427 e. The summed E-state index contributed by atoms with van der Waals surface area (Å²) < 4.78 is 10.4. The number of esters is 2. The van der Waals surface area contributed by atoms with Gasteiger partial charge in [-0.3, -0.25) is 9.59 Å². The highest BCUT2D eigenvalue weighted by Gasteiger charge is 2.33. The van der Waals surface area contributed by atoms with Gasteiger partial charge in [0.1, 0.15) is 11.5 Å². The predicted octanol–water partition coefficient (Wildman–Crippen LogP) is 4.50. The second-order valence-corrected chi connectivity index (χ2v) is 7.14. The highest BCUT2D eigenvalue weighted by atomic mass is 16.5. The zero-order chi connectivity index (χ0) is 18.8. The van der Waals surface area contributed by atoms with Gasteiger partial charge >= 0.3 is 11.9 Å². The molecule has 3 rings (SSSR count). The van der Waals surface area contributed by atoms with Crippen LogP contribution < -0.4 is 9.47 Å². The van der Waals surface area contributed by atoms with Gasteiger partial charge < -0.3 is 9.47 Å². The van der Waals surface area contributed by atoms with Gasteiger partial charge in [-0.1, -0.05) is 32.0 Å². The molecule has 0 fully saturated rings. The van der Waals surface area contributed by atoms with E-state index in [-0.39, 0.29) is 17.9 Å². The first-order valence-corrected chi connectivity index (χ1v) is 8.94. The molecule has 136 valence electrons. The van der Waals surface area contributed by atoms with Crippen molar-refractivity contribution in [3.05, 3.63) is 59.2 Å². The Balaban J connectivity index is 2.00. The maximum absolute atomic E-state index is 11.3. The van der Waals surface area contributed by atoms with Crippen molar-refractivity contribution in [2.45, 2.75) is 40.0 Å². The molecule has 0 radical (unpaired) electrons. The van der Waals surface area contributed by atoms with Gasteiger partial charge in [0.15, 0.2) is 0 Å². The first-order chi connectivity index (χ1) is 12.3. The molecule has 0 saturated carbocycles. The van der Waals surface area contributed by atoms with Crippen LogP contribution in [-0.2, 0) is 16.0 Å². The number of fused-ring (bicyclic) bond motifs is 1. The lowest BCUT2D eigenvalue weighted by molar-refractivity contribution is -0.132. The van der Waals surface area contributed by atoms with E-state index in [4.69, 9.17) is 9.47 Å². The smallest absolute Gasteiger partial charge is 0.308 e. The molecule has 0 bridgehead atoms. The monoisotopic (exact) mass is 352 g/mol. The summed E-state index contributed by atoms with van der Waals surface area (Å²) >= 11 is 0. The van der Waals surface area contributed by atoms with Crippen LogP contribution in [0.15, 0.2) is 42.5 Å². The van der Waals surface area contributed by atoms with Crippen LogP contribution >= 0.6 is 0 Å². The van der Waals surface area contributed by atoms with Crippen LogP contribution in [0.1, 0.15) is 50.3 Å². The van der Waals surface area contributed by atoms with Gasteiger partial charge in [-0.2, -0.15) is 0 Å². The molecule has 0 unspecified atom stereocenters. The summed E-state index contributed by atoms with van der Waals surface area (Å²) in [5.41, 5.74) is 3.66. The molecule has 0 N–H and O–H groups in total. The van der Waals surface area contributed by atoms with Crippen LogP contribution in [0.3, 0.4) is 0 Å². The third-order valence-corrected chi connectivity index (χ3v) is 5.18. The largest absolute Gasteiger partial charge is 0.427 e. The fourth-order valence-corrected chi connectivity index (χ4v) is 3.81. The van der Waals surface area contributed by atoms with Crippen molar-refractivity contribution in [2.24, 2.45) is 11.8 Å². The maximum Gasteiger partial charge on any atom is 0.308 e. The third kappa shape index (κ3) is 3.79. The highest BCUT2D eigenvalue weighted by molar-refractivity contribution is 5.70. The number of benzene rings is 2. The minimum absolute atomic E-state index is 0.204. The fraction of sp³-hybridized carbons (Fsp3) is 0.364. The lowest BCUT2D eigenvalue weighted by Gasteiger charge is -2.36. The van der Waals surface area contributed by atoms with Crippen LogP contribution in [0.4, 0.5) is 0 Å². The normalized spacial score (nSPS) is 21.6. The van der Waals surface area contributed by atoms with Crippen molar-refractivity contribution in [3.63, 3.8) is 0 Å². The lowest BCUT2D eigenvalue weighted by atomic mass is 9.68. The molecule has 4 nitrogen and oxygen atoms in total. The molecule has 0 amide bonds. The van der Waals surface area contributed by atoms with E-state index in [1.165, 1.54) is 30.5 Å². The molecule has 0 spiro atoms. The van der Waals surface area contributed by atoms with E-state index in [2.05, 4.69) is 19.9 Å². The van der Waals surface area contributed by atoms with Crippen molar-refractivity contribution in [1.29, 1.82) is 0 Å². The molecule has 26 heavy (non-hydrogen) atoms. The molecule has 0 heterocycles. The summed E-state index contributed by atoms with van der Waals surface area (Å²) in [5.74, 6) is 1.68. The van der Waals surface area contributed by atoms with E-state index < -0.39 is 0 Å². The Morgan fingerprint density at radius 3 is 2.08 bits per heavy atom. The van der Waals surface area contributed by atoms with Crippen molar-refractivity contribution >= 4 is 11.9 Å². The SMILES string of the molecule is CC(=O)Oc1ccc([C@H]2c3cc(OC(C)=O)ccc3C[C@@H](C)[C@@H]2C)cc1. The Kier molecular flexibility index (Phi) is 5.12. The van der Waals surface area contributed by atoms with Gasteiger partial charge in [0, 0.05) is 19.8 Å². The van der Waals surface area contributed by atoms with Crippen molar-refractivity contribution in [3.8, 4) is 11.5 Å². The fourth-order valence-electron chi connectivity index (χ4n) is 3.81. The van der Waals surface area contributed by atoms with Crippen LogP contribution in [0, 0.1) is 11.8 Å². The highest BCUT2D eigenvalue weighted by Crippen LogP contribution is 2.44. The molecule has 1 aliphatic carbocycles. The molecule has 0 saturated heterocycles. The van der Waals surface area contributed by atoms with Gasteiger partial charge in [0.2, 0.25) is 0 Å². The standard InChI is InChI=1S/C22H24O4/c1-13-11-18-7-10-20(26-16(4)24)12-21(18)22(14(13)2)17-5-8-19(9-6-17)25-15(3)23/h5-10,12-14,22H,11H2,1-4H3/t13-,14+,22+/m1/s1. The molecule has 3 atom stereocenters. The Hall–Kier alpha value is -2.62. The van der Waals surface area contributed by atoms with E-state index >= 15 is 0 Å². The summed E-state index contributed by atoms with van der Waals surface area (Å²) in [6.45, 7) is 7.34. The molecule has 0 aromatic heterocycles. The molecule has 1 aliphatic rings. The maximum atomic E-state index is 11.3. The number of rotatable bonds is 3. The van der Waals surface area contributed by atoms with Gasteiger partial charge in [0.05, 0.1) is 0 Å². The van der Waals surface area contributed by atoms with Crippen LogP contribution in [0.2, 0.25) is 0 Å². The second-order valence-electron chi connectivity index (χ2n) is 7.14. The zero-order valence-corrected chi connectivity index (χ0v) is 15.6. The molecule has 0 aliphatic heterocycles. The van der Waals surface area contributed by atoms with Gasteiger partial charge in [-0.05, 0) is 59.2 Å². The lowest BCUT2D eigenvalue weighted by Crippen LogP contribution is -2.26. The van der Waals surface area contributed by atoms with Crippen molar-refractivity contribution < 1.29 is 19.1 Å². The van der Waals surface area contributed by atoms with Crippen LogP contribution in [0.25, 0.3) is 0 Å². The number of ether oxygens (including phenoxy) is 2. The molecule has 2 aromatic carbocycles. The van der Waals surface area contributed by atoms with E-state index in [1.807, 2.05) is 36.4 Å². The summed E-state index contributed by atoms with van der Waals surface area (Å²) in [6.07, 6.45) is 1.01. The van der Waals surface area contributed by atoms with Gasteiger partial charge in [-0.15, -0.1) is 0 Å². The summed E-state index contributed by atoms with van der Waals surface area (Å²) in [7, 11) is 0. The van der Waals surface area contributed by atoms with Crippen LogP contribution in [0.5, 0.6) is 11.5 Å². The summed E-state index contributed by atoms with van der Waals surface area (Å²) in [4.78, 5) is 22.4. The molecule has 2 aromatic rings. The first kappa shape index (κ1) is 18.2. The molecular formula is C22H24O4.